The molecule has 6 heteroatoms. The molecule has 0 aromatic heterocycles. The molecule has 2 aromatic rings. The van der Waals surface area contributed by atoms with Crippen LogP contribution >= 0.6 is 11.6 Å². The molecule has 26 heavy (non-hydrogen) atoms. The van der Waals surface area contributed by atoms with Crippen LogP contribution in [0.4, 0.5) is 5.69 Å². The fourth-order valence-corrected chi connectivity index (χ4v) is 2.86. The molecule has 136 valence electrons. The van der Waals surface area contributed by atoms with Gasteiger partial charge in [-0.3, -0.25) is 10.2 Å². The van der Waals surface area contributed by atoms with Gasteiger partial charge in [-0.1, -0.05) is 11.6 Å². The molecule has 0 saturated carbocycles. The summed E-state index contributed by atoms with van der Waals surface area (Å²) in [5, 5.41) is 5.06. The van der Waals surface area contributed by atoms with Crippen LogP contribution < -0.4 is 10.2 Å². The zero-order valence-electron chi connectivity index (χ0n) is 14.7. The van der Waals surface area contributed by atoms with E-state index in [4.69, 9.17) is 16.3 Å². The topological polar surface area (TPSA) is 53.9 Å². The van der Waals surface area contributed by atoms with Crippen LogP contribution in [-0.4, -0.2) is 36.2 Å². The van der Waals surface area contributed by atoms with Gasteiger partial charge >= 0.3 is 0 Å². The van der Waals surface area contributed by atoms with Crippen LogP contribution in [0.3, 0.4) is 0 Å². The SMILES string of the molecule is C/C(=N/Nc1ccc(Cl)cc1)c1ccc(OCC(=O)N2CCCC2)cc1. The van der Waals surface area contributed by atoms with Gasteiger partial charge in [0.15, 0.2) is 6.61 Å². The number of hydrogen-bond donors (Lipinski definition) is 1. The summed E-state index contributed by atoms with van der Waals surface area (Å²) in [4.78, 5) is 13.9. The van der Waals surface area contributed by atoms with Crippen molar-refractivity contribution in [3.8, 4) is 5.75 Å². The highest BCUT2D eigenvalue weighted by Crippen LogP contribution is 2.16. The number of likely N-dealkylation sites (tertiary alicyclic amines) is 1. The summed E-state index contributed by atoms with van der Waals surface area (Å²) in [6.45, 7) is 3.70. The van der Waals surface area contributed by atoms with Crippen molar-refractivity contribution < 1.29 is 9.53 Å². The van der Waals surface area contributed by atoms with Gasteiger partial charge in [0.25, 0.3) is 5.91 Å². The Hall–Kier alpha value is -2.53. The Kier molecular flexibility index (Phi) is 6.12. The normalized spacial score (nSPS) is 14.4. The van der Waals surface area contributed by atoms with E-state index in [1.807, 2.05) is 60.4 Å². The predicted octanol–water partition coefficient (Wildman–Crippen LogP) is 4.18. The van der Waals surface area contributed by atoms with Crippen molar-refractivity contribution in [1.29, 1.82) is 0 Å². The van der Waals surface area contributed by atoms with E-state index in [2.05, 4.69) is 10.5 Å². The maximum absolute atomic E-state index is 12.0. The quantitative estimate of drug-likeness (QED) is 0.612. The first-order valence-electron chi connectivity index (χ1n) is 8.69. The number of rotatable bonds is 6. The summed E-state index contributed by atoms with van der Waals surface area (Å²) >= 11 is 5.87. The Labute approximate surface area is 158 Å². The van der Waals surface area contributed by atoms with Crippen LogP contribution in [0.2, 0.25) is 5.02 Å². The largest absolute Gasteiger partial charge is 0.484 e. The summed E-state index contributed by atoms with van der Waals surface area (Å²) in [6, 6.07) is 14.9. The summed E-state index contributed by atoms with van der Waals surface area (Å²) in [5.41, 5.74) is 5.70. The van der Waals surface area contributed by atoms with Crippen molar-refractivity contribution in [2.24, 2.45) is 5.10 Å². The molecule has 0 atom stereocenters. The third kappa shape index (κ3) is 4.99. The Balaban J connectivity index is 1.53. The Bertz CT molecular complexity index is 767. The number of nitrogens with one attached hydrogen (secondary N) is 1. The smallest absolute Gasteiger partial charge is 0.260 e. The molecule has 1 saturated heterocycles. The number of hydrazone groups is 1. The second-order valence-electron chi connectivity index (χ2n) is 6.22. The zero-order chi connectivity index (χ0) is 18.4. The summed E-state index contributed by atoms with van der Waals surface area (Å²) in [7, 11) is 0. The third-order valence-corrected chi connectivity index (χ3v) is 4.54. The van der Waals surface area contributed by atoms with Gasteiger partial charge in [0.05, 0.1) is 11.4 Å². The van der Waals surface area contributed by atoms with E-state index >= 15 is 0 Å². The Morgan fingerprint density at radius 2 is 1.77 bits per heavy atom. The lowest BCUT2D eigenvalue weighted by molar-refractivity contribution is -0.132. The van der Waals surface area contributed by atoms with Gasteiger partial charge in [-0.25, -0.2) is 0 Å². The number of ether oxygens (including phenoxy) is 1. The van der Waals surface area contributed by atoms with E-state index in [1.54, 1.807) is 0 Å². The number of amides is 1. The van der Waals surface area contributed by atoms with Crippen molar-refractivity contribution in [2.75, 3.05) is 25.1 Å². The average Bonchev–Trinajstić information content (AvgIpc) is 3.21. The lowest BCUT2D eigenvalue weighted by Gasteiger charge is -2.15. The first kappa shape index (κ1) is 18.3. The molecular formula is C20H22ClN3O2. The van der Waals surface area contributed by atoms with E-state index in [9.17, 15) is 4.79 Å². The molecule has 1 fully saturated rings. The maximum Gasteiger partial charge on any atom is 0.260 e. The standard InChI is InChI=1S/C20H22ClN3O2/c1-15(22-23-18-8-6-17(21)7-9-18)16-4-10-19(11-5-16)26-14-20(25)24-12-2-3-13-24/h4-11,23H,2-3,12-14H2,1H3/b22-15-. The molecule has 5 nitrogen and oxygen atoms in total. The number of hydrogen-bond acceptors (Lipinski definition) is 4. The summed E-state index contributed by atoms with van der Waals surface area (Å²) in [6.07, 6.45) is 2.17. The number of halogens is 1. The Morgan fingerprint density at radius 1 is 1.12 bits per heavy atom. The first-order valence-corrected chi connectivity index (χ1v) is 9.06. The van der Waals surface area contributed by atoms with Crippen LogP contribution in [0.1, 0.15) is 25.3 Å². The van der Waals surface area contributed by atoms with Crippen molar-refractivity contribution in [1.82, 2.24) is 4.90 Å². The molecule has 0 unspecified atom stereocenters. The van der Waals surface area contributed by atoms with Crippen LogP contribution in [0.5, 0.6) is 5.75 Å². The fourth-order valence-electron chi connectivity index (χ4n) is 2.73. The fraction of sp³-hybridized carbons (Fsp3) is 0.300. The van der Waals surface area contributed by atoms with Crippen molar-refractivity contribution in [3.05, 3.63) is 59.1 Å². The first-order chi connectivity index (χ1) is 12.6. The van der Waals surface area contributed by atoms with Gasteiger partial charge < -0.3 is 9.64 Å². The maximum atomic E-state index is 12.0. The molecule has 3 rings (SSSR count). The molecule has 1 N–H and O–H groups in total. The second-order valence-corrected chi connectivity index (χ2v) is 6.65. The van der Waals surface area contributed by atoms with Gasteiger partial charge in [-0.15, -0.1) is 0 Å². The molecule has 0 bridgehead atoms. The minimum atomic E-state index is 0.0523. The van der Waals surface area contributed by atoms with Crippen LogP contribution in [-0.2, 0) is 4.79 Å². The molecule has 1 heterocycles. The van der Waals surface area contributed by atoms with Gasteiger partial charge in [0, 0.05) is 18.1 Å². The summed E-state index contributed by atoms with van der Waals surface area (Å²) < 4.78 is 5.60. The van der Waals surface area contributed by atoms with Gasteiger partial charge in [-0.05, 0) is 73.9 Å². The second kappa shape index (κ2) is 8.72. The number of benzene rings is 2. The van der Waals surface area contributed by atoms with Crippen molar-refractivity contribution in [3.63, 3.8) is 0 Å². The third-order valence-electron chi connectivity index (χ3n) is 4.29. The monoisotopic (exact) mass is 371 g/mol. The van der Waals surface area contributed by atoms with Gasteiger partial charge in [0.2, 0.25) is 0 Å². The molecule has 1 aliphatic heterocycles. The molecule has 0 spiro atoms. The Morgan fingerprint density at radius 3 is 2.42 bits per heavy atom. The van der Waals surface area contributed by atoms with Crippen LogP contribution in [0.25, 0.3) is 0 Å². The number of carbonyl (C=O) groups excluding carboxylic acids is 1. The van der Waals surface area contributed by atoms with Crippen LogP contribution in [0, 0.1) is 0 Å². The predicted molar refractivity (Wildman–Crippen MR) is 105 cm³/mol. The lowest BCUT2D eigenvalue weighted by atomic mass is 10.1. The molecule has 0 radical (unpaired) electrons. The minimum absolute atomic E-state index is 0.0523. The molecule has 0 aliphatic carbocycles. The highest BCUT2D eigenvalue weighted by atomic mass is 35.5. The number of nitrogens with zero attached hydrogens (tertiary/aromatic N) is 2. The van der Waals surface area contributed by atoms with E-state index < -0.39 is 0 Å². The van der Waals surface area contributed by atoms with E-state index in [0.717, 1.165) is 42.9 Å². The molecule has 1 aliphatic rings. The van der Waals surface area contributed by atoms with E-state index in [-0.39, 0.29) is 12.5 Å². The summed E-state index contributed by atoms with van der Waals surface area (Å²) in [5.74, 6) is 0.733. The average molecular weight is 372 g/mol. The molecular weight excluding hydrogens is 350 g/mol. The minimum Gasteiger partial charge on any atom is -0.484 e. The van der Waals surface area contributed by atoms with Gasteiger partial charge in [-0.2, -0.15) is 5.10 Å². The number of anilines is 1. The van der Waals surface area contributed by atoms with Crippen molar-refractivity contribution >= 4 is 28.9 Å². The van der Waals surface area contributed by atoms with E-state index in [1.165, 1.54) is 0 Å². The van der Waals surface area contributed by atoms with E-state index in [0.29, 0.717) is 10.8 Å². The van der Waals surface area contributed by atoms with Crippen LogP contribution in [0.15, 0.2) is 53.6 Å². The number of carbonyl (C=O) groups is 1. The molecule has 1 amide bonds. The zero-order valence-corrected chi connectivity index (χ0v) is 15.5. The lowest BCUT2D eigenvalue weighted by Crippen LogP contribution is -2.32. The highest BCUT2D eigenvalue weighted by Gasteiger charge is 2.18. The molecule has 2 aromatic carbocycles. The highest BCUT2D eigenvalue weighted by molar-refractivity contribution is 6.30. The van der Waals surface area contributed by atoms with Crippen molar-refractivity contribution in [2.45, 2.75) is 19.8 Å². The van der Waals surface area contributed by atoms with Gasteiger partial charge in [0.1, 0.15) is 5.75 Å².